The topological polar surface area (TPSA) is 64.8 Å². The molecule has 0 aliphatic carbocycles. The van der Waals surface area contributed by atoms with Gasteiger partial charge in [0, 0.05) is 24.2 Å². The highest BCUT2D eigenvalue weighted by molar-refractivity contribution is 5.68. The summed E-state index contributed by atoms with van der Waals surface area (Å²) in [5, 5.41) is 0. The molecule has 1 atom stereocenters. The number of hydrogen-bond donors (Lipinski definition) is 1. The first-order valence-electron chi connectivity index (χ1n) is 7.26. The number of carbonyl (C=O) groups is 1. The van der Waals surface area contributed by atoms with E-state index in [1.807, 2.05) is 45.9 Å². The van der Waals surface area contributed by atoms with Gasteiger partial charge >= 0.3 is 6.09 Å². The van der Waals surface area contributed by atoms with Crippen molar-refractivity contribution in [3.8, 4) is 5.75 Å². The van der Waals surface area contributed by atoms with E-state index in [0.717, 1.165) is 23.4 Å². The summed E-state index contributed by atoms with van der Waals surface area (Å²) in [5.41, 5.74) is 7.06. The van der Waals surface area contributed by atoms with Gasteiger partial charge in [0.1, 0.15) is 17.5 Å². The monoisotopic (exact) mass is 292 g/mol. The fourth-order valence-electron chi connectivity index (χ4n) is 2.26. The second-order valence-electron chi connectivity index (χ2n) is 6.43. The van der Waals surface area contributed by atoms with Gasteiger partial charge in [-0.15, -0.1) is 0 Å². The highest BCUT2D eigenvalue weighted by Gasteiger charge is 2.31. The number of ether oxygens (including phenoxy) is 2. The molecule has 0 unspecified atom stereocenters. The molecule has 0 bridgehead atoms. The van der Waals surface area contributed by atoms with Gasteiger partial charge in [0.25, 0.3) is 0 Å². The number of amides is 1. The van der Waals surface area contributed by atoms with Crippen molar-refractivity contribution in [2.45, 2.75) is 45.8 Å². The molecule has 1 heterocycles. The molecule has 2 N–H and O–H groups in total. The lowest BCUT2D eigenvalue weighted by Gasteiger charge is -2.24. The smallest absolute Gasteiger partial charge is 0.410 e. The van der Waals surface area contributed by atoms with E-state index in [1.54, 1.807) is 4.90 Å². The molecule has 5 heteroatoms. The van der Waals surface area contributed by atoms with Crippen LogP contribution in [0.4, 0.5) is 10.5 Å². The minimum Gasteiger partial charge on any atom is -0.488 e. The summed E-state index contributed by atoms with van der Waals surface area (Å²) >= 11 is 0. The fourth-order valence-corrected chi connectivity index (χ4v) is 2.26. The van der Waals surface area contributed by atoms with Gasteiger partial charge in [-0.2, -0.15) is 0 Å². The predicted molar refractivity (Wildman–Crippen MR) is 82.4 cm³/mol. The molecule has 1 aliphatic rings. The highest BCUT2D eigenvalue weighted by atomic mass is 16.6. The van der Waals surface area contributed by atoms with Gasteiger partial charge in [0.05, 0.1) is 6.54 Å². The molecule has 0 aromatic heterocycles. The van der Waals surface area contributed by atoms with Gasteiger partial charge in [-0.25, -0.2) is 4.79 Å². The Kier molecular flexibility index (Phi) is 4.30. The zero-order valence-electron chi connectivity index (χ0n) is 13.2. The molecule has 1 aromatic carbocycles. The number of nitrogens with two attached hydrogens (primary N) is 1. The number of benzene rings is 1. The lowest BCUT2D eigenvalue weighted by atomic mass is 10.2. The molecule has 1 amide bonds. The molecule has 21 heavy (non-hydrogen) atoms. The Morgan fingerprint density at radius 2 is 2.10 bits per heavy atom. The first-order valence-corrected chi connectivity index (χ1v) is 7.26. The van der Waals surface area contributed by atoms with Crippen LogP contribution >= 0.6 is 0 Å². The van der Waals surface area contributed by atoms with Crippen molar-refractivity contribution < 1.29 is 14.3 Å². The van der Waals surface area contributed by atoms with Gasteiger partial charge in [0.2, 0.25) is 0 Å². The third-order valence-corrected chi connectivity index (χ3v) is 3.42. The Balaban J connectivity index is 1.94. The van der Waals surface area contributed by atoms with Crippen LogP contribution in [0.5, 0.6) is 5.75 Å². The Morgan fingerprint density at radius 3 is 2.76 bits per heavy atom. The van der Waals surface area contributed by atoms with E-state index in [-0.39, 0.29) is 12.2 Å². The van der Waals surface area contributed by atoms with Crippen LogP contribution < -0.4 is 10.5 Å². The quantitative estimate of drug-likeness (QED) is 0.851. The summed E-state index contributed by atoms with van der Waals surface area (Å²) in [6.07, 6.45) is 0.504. The molecular formula is C16H24N2O3. The molecule has 1 aromatic rings. The largest absolute Gasteiger partial charge is 0.488 e. The van der Waals surface area contributed by atoms with E-state index in [0.29, 0.717) is 13.1 Å². The van der Waals surface area contributed by atoms with Crippen LogP contribution in [0.1, 0.15) is 32.8 Å². The first-order chi connectivity index (χ1) is 9.76. The number of likely N-dealkylation sites (tertiary alicyclic amines) is 1. The number of nitrogen functional groups attached to an aromatic ring is 1. The Labute approximate surface area is 126 Å². The molecule has 1 saturated heterocycles. The van der Waals surface area contributed by atoms with Gasteiger partial charge in [-0.3, -0.25) is 0 Å². The molecule has 116 valence electrons. The fraction of sp³-hybridized carbons (Fsp3) is 0.562. The van der Waals surface area contributed by atoms with Crippen LogP contribution in [0.2, 0.25) is 0 Å². The maximum Gasteiger partial charge on any atom is 0.410 e. The summed E-state index contributed by atoms with van der Waals surface area (Å²) in [6, 6.07) is 5.63. The molecule has 0 saturated carbocycles. The van der Waals surface area contributed by atoms with E-state index in [4.69, 9.17) is 15.2 Å². The van der Waals surface area contributed by atoms with Crippen LogP contribution in [-0.4, -0.2) is 35.8 Å². The van der Waals surface area contributed by atoms with Gasteiger partial charge in [-0.05, 0) is 39.8 Å². The van der Waals surface area contributed by atoms with E-state index >= 15 is 0 Å². The molecular weight excluding hydrogens is 268 g/mol. The molecule has 1 aliphatic heterocycles. The molecule has 2 rings (SSSR count). The molecule has 0 radical (unpaired) electrons. The van der Waals surface area contributed by atoms with Crippen molar-refractivity contribution in [1.29, 1.82) is 0 Å². The van der Waals surface area contributed by atoms with Crippen LogP contribution in [0.25, 0.3) is 0 Å². The Bertz CT molecular complexity index is 523. The number of carbonyl (C=O) groups excluding carboxylic acids is 1. The van der Waals surface area contributed by atoms with Crippen LogP contribution in [-0.2, 0) is 4.74 Å². The van der Waals surface area contributed by atoms with Crippen molar-refractivity contribution in [2.24, 2.45) is 0 Å². The minimum absolute atomic E-state index is 0.0157. The standard InChI is InChI=1S/C16H24N2O3/c1-11-13(17)6-5-7-14(11)20-12-8-9-18(10-12)15(19)21-16(2,3)4/h5-7,12H,8-10,17H2,1-4H3/t12-/m0/s1. The average molecular weight is 292 g/mol. The van der Waals surface area contributed by atoms with Gasteiger partial charge < -0.3 is 20.1 Å². The second-order valence-corrected chi connectivity index (χ2v) is 6.43. The summed E-state index contributed by atoms with van der Waals surface area (Å²) < 4.78 is 11.3. The third kappa shape index (κ3) is 4.03. The maximum absolute atomic E-state index is 12.0. The third-order valence-electron chi connectivity index (χ3n) is 3.42. The van der Waals surface area contributed by atoms with Crippen LogP contribution in [0.3, 0.4) is 0 Å². The van der Waals surface area contributed by atoms with E-state index in [2.05, 4.69) is 0 Å². The maximum atomic E-state index is 12.0. The van der Waals surface area contributed by atoms with Crippen molar-refractivity contribution in [1.82, 2.24) is 4.90 Å². The van der Waals surface area contributed by atoms with Crippen molar-refractivity contribution in [3.05, 3.63) is 23.8 Å². The van der Waals surface area contributed by atoms with Crippen molar-refractivity contribution >= 4 is 11.8 Å². The number of rotatable bonds is 2. The van der Waals surface area contributed by atoms with Gasteiger partial charge in [0.15, 0.2) is 0 Å². The molecule has 5 nitrogen and oxygen atoms in total. The van der Waals surface area contributed by atoms with Crippen molar-refractivity contribution in [3.63, 3.8) is 0 Å². The first kappa shape index (κ1) is 15.5. The van der Waals surface area contributed by atoms with E-state index in [1.165, 1.54) is 0 Å². The minimum atomic E-state index is -0.472. The van der Waals surface area contributed by atoms with Crippen LogP contribution in [0.15, 0.2) is 18.2 Å². The number of anilines is 1. The highest BCUT2D eigenvalue weighted by Crippen LogP contribution is 2.26. The molecule has 1 fully saturated rings. The Morgan fingerprint density at radius 1 is 1.38 bits per heavy atom. The van der Waals surface area contributed by atoms with E-state index < -0.39 is 5.60 Å². The van der Waals surface area contributed by atoms with E-state index in [9.17, 15) is 4.79 Å². The SMILES string of the molecule is Cc1c(N)cccc1O[C@H]1CCN(C(=O)OC(C)(C)C)C1. The normalized spacial score (nSPS) is 18.7. The molecule has 0 spiro atoms. The summed E-state index contributed by atoms with van der Waals surface area (Å²) in [7, 11) is 0. The second kappa shape index (κ2) is 5.84. The average Bonchev–Trinajstić information content (AvgIpc) is 2.82. The summed E-state index contributed by atoms with van der Waals surface area (Å²) in [6.45, 7) is 8.73. The number of nitrogens with zero attached hydrogens (tertiary/aromatic N) is 1. The zero-order chi connectivity index (χ0) is 15.6. The summed E-state index contributed by atoms with van der Waals surface area (Å²) in [5.74, 6) is 0.783. The number of hydrogen-bond acceptors (Lipinski definition) is 4. The Hall–Kier alpha value is -1.91. The zero-order valence-corrected chi connectivity index (χ0v) is 13.2. The lowest BCUT2D eigenvalue weighted by Crippen LogP contribution is -2.36. The lowest BCUT2D eigenvalue weighted by molar-refractivity contribution is 0.0275. The van der Waals surface area contributed by atoms with Gasteiger partial charge in [-0.1, -0.05) is 6.07 Å². The van der Waals surface area contributed by atoms with Crippen molar-refractivity contribution in [2.75, 3.05) is 18.8 Å². The summed E-state index contributed by atoms with van der Waals surface area (Å²) in [4.78, 5) is 13.7. The predicted octanol–water partition coefficient (Wildman–Crippen LogP) is 2.97. The van der Waals surface area contributed by atoms with Crippen LogP contribution in [0, 0.1) is 6.92 Å².